The number of nitrogens with zero attached hydrogens (tertiary/aromatic N) is 3. The van der Waals surface area contributed by atoms with Crippen molar-refractivity contribution in [3.63, 3.8) is 0 Å². The third kappa shape index (κ3) is 5.17. The van der Waals surface area contributed by atoms with E-state index in [-0.39, 0.29) is 10.8 Å². The van der Waals surface area contributed by atoms with Gasteiger partial charge in [0.25, 0.3) is 0 Å². The first kappa shape index (κ1) is 24.1. The van der Waals surface area contributed by atoms with Crippen molar-refractivity contribution in [2.24, 2.45) is 0 Å². The molecule has 0 aromatic heterocycles. The highest BCUT2D eigenvalue weighted by atomic mass is 32.2. The summed E-state index contributed by atoms with van der Waals surface area (Å²) < 4.78 is 39.5. The van der Waals surface area contributed by atoms with Crippen LogP contribution in [0.4, 0.5) is 0 Å². The standard InChI is InChI=1S/C26H33N3O5S/c1-20-5-8-22(9-6-20)35(31,32)29-11-3-2-4-23(29)26(30)28-14-12-27(13-15-28)19-21-7-10-24-25(18-21)34-17-16-33-24/h5-10,18,23H,2-4,11-17,19H2,1H3. The molecule has 9 heteroatoms. The second-order valence-corrected chi connectivity index (χ2v) is 11.4. The second-order valence-electron chi connectivity index (χ2n) is 9.52. The smallest absolute Gasteiger partial charge is 0.243 e. The Hall–Kier alpha value is -2.62. The maximum Gasteiger partial charge on any atom is 0.243 e. The van der Waals surface area contributed by atoms with E-state index in [0.717, 1.165) is 55.1 Å². The number of hydrogen-bond donors (Lipinski definition) is 0. The van der Waals surface area contributed by atoms with Crippen LogP contribution in [0.2, 0.25) is 0 Å². The number of carbonyl (C=O) groups is 1. The molecule has 2 aromatic carbocycles. The minimum atomic E-state index is -3.72. The fourth-order valence-electron chi connectivity index (χ4n) is 5.07. The van der Waals surface area contributed by atoms with Crippen molar-refractivity contribution in [2.75, 3.05) is 45.9 Å². The molecule has 1 amide bonds. The van der Waals surface area contributed by atoms with Crippen molar-refractivity contribution in [1.82, 2.24) is 14.1 Å². The highest BCUT2D eigenvalue weighted by molar-refractivity contribution is 7.89. The first-order chi connectivity index (χ1) is 16.9. The molecule has 1 atom stereocenters. The van der Waals surface area contributed by atoms with Crippen LogP contribution >= 0.6 is 0 Å². The highest BCUT2D eigenvalue weighted by Crippen LogP contribution is 2.31. The molecule has 0 aliphatic carbocycles. The van der Waals surface area contributed by atoms with Crippen LogP contribution in [0.3, 0.4) is 0 Å². The molecule has 188 valence electrons. The van der Waals surface area contributed by atoms with E-state index in [1.165, 1.54) is 4.31 Å². The molecule has 5 rings (SSSR count). The zero-order chi connectivity index (χ0) is 24.4. The molecule has 2 saturated heterocycles. The van der Waals surface area contributed by atoms with Crippen molar-refractivity contribution in [2.45, 2.75) is 43.7 Å². The van der Waals surface area contributed by atoms with Gasteiger partial charge in [0.1, 0.15) is 19.3 Å². The van der Waals surface area contributed by atoms with Gasteiger partial charge in [-0.3, -0.25) is 9.69 Å². The van der Waals surface area contributed by atoms with Crippen LogP contribution in [0.1, 0.15) is 30.4 Å². The number of hydrogen-bond acceptors (Lipinski definition) is 6. The minimum absolute atomic E-state index is 0.0700. The van der Waals surface area contributed by atoms with Crippen molar-refractivity contribution in [3.05, 3.63) is 53.6 Å². The van der Waals surface area contributed by atoms with E-state index in [9.17, 15) is 13.2 Å². The Bertz CT molecular complexity index is 1160. The van der Waals surface area contributed by atoms with Crippen LogP contribution in [-0.4, -0.2) is 80.4 Å². The summed E-state index contributed by atoms with van der Waals surface area (Å²) in [6, 6.07) is 12.3. The fraction of sp³-hybridized carbons (Fsp3) is 0.500. The zero-order valence-electron chi connectivity index (χ0n) is 20.2. The number of sulfonamides is 1. The molecular formula is C26H33N3O5S. The Morgan fingerprint density at radius 2 is 1.63 bits per heavy atom. The number of rotatable bonds is 5. The molecule has 35 heavy (non-hydrogen) atoms. The molecule has 0 spiro atoms. The van der Waals surface area contributed by atoms with E-state index < -0.39 is 16.1 Å². The van der Waals surface area contributed by atoms with Crippen LogP contribution < -0.4 is 9.47 Å². The van der Waals surface area contributed by atoms with Crippen molar-refractivity contribution >= 4 is 15.9 Å². The molecule has 3 aliphatic heterocycles. The number of ether oxygens (including phenoxy) is 2. The van der Waals surface area contributed by atoms with Crippen LogP contribution in [0.15, 0.2) is 47.4 Å². The van der Waals surface area contributed by atoms with Gasteiger partial charge in [0, 0.05) is 39.3 Å². The van der Waals surface area contributed by atoms with Gasteiger partial charge in [-0.25, -0.2) is 8.42 Å². The number of aryl methyl sites for hydroxylation is 1. The molecule has 3 heterocycles. The summed E-state index contributed by atoms with van der Waals surface area (Å²) in [5, 5.41) is 0. The molecule has 3 aliphatic rings. The summed E-state index contributed by atoms with van der Waals surface area (Å²) >= 11 is 0. The molecule has 2 fully saturated rings. The number of benzene rings is 2. The van der Waals surface area contributed by atoms with Crippen molar-refractivity contribution in [1.29, 1.82) is 0 Å². The zero-order valence-corrected chi connectivity index (χ0v) is 21.0. The average molecular weight is 500 g/mol. The quantitative estimate of drug-likeness (QED) is 0.630. The SMILES string of the molecule is Cc1ccc(S(=O)(=O)N2CCCCC2C(=O)N2CCN(Cc3ccc4c(c3)OCCO4)CC2)cc1. The predicted octanol–water partition coefficient (Wildman–Crippen LogP) is 2.65. The fourth-order valence-corrected chi connectivity index (χ4v) is 6.72. The summed E-state index contributed by atoms with van der Waals surface area (Å²) in [5.41, 5.74) is 2.15. The van der Waals surface area contributed by atoms with Gasteiger partial charge in [-0.2, -0.15) is 4.31 Å². The number of piperazine rings is 1. The molecule has 1 unspecified atom stereocenters. The van der Waals surface area contributed by atoms with Crippen molar-refractivity contribution < 1.29 is 22.7 Å². The van der Waals surface area contributed by atoms with E-state index >= 15 is 0 Å². The number of piperidine rings is 1. The van der Waals surface area contributed by atoms with Crippen molar-refractivity contribution in [3.8, 4) is 11.5 Å². The Morgan fingerprint density at radius 1 is 0.914 bits per heavy atom. The Labute approximate surface area is 207 Å². The van der Waals surface area contributed by atoms with Gasteiger partial charge in [-0.15, -0.1) is 0 Å². The van der Waals surface area contributed by atoms with E-state index in [1.807, 2.05) is 24.0 Å². The molecule has 0 saturated carbocycles. The van der Waals surface area contributed by atoms with Crippen LogP contribution in [0.5, 0.6) is 11.5 Å². The van der Waals surface area contributed by atoms with E-state index in [1.54, 1.807) is 24.3 Å². The minimum Gasteiger partial charge on any atom is -0.486 e. The molecule has 2 aromatic rings. The third-order valence-electron chi connectivity index (χ3n) is 7.06. The number of carbonyl (C=O) groups excluding carboxylic acids is 1. The maximum atomic E-state index is 13.5. The highest BCUT2D eigenvalue weighted by Gasteiger charge is 2.40. The van der Waals surface area contributed by atoms with E-state index in [0.29, 0.717) is 39.3 Å². The van der Waals surface area contributed by atoms with Gasteiger partial charge < -0.3 is 14.4 Å². The van der Waals surface area contributed by atoms with Crippen LogP contribution in [0, 0.1) is 6.92 Å². The van der Waals surface area contributed by atoms with Crippen LogP contribution in [-0.2, 0) is 21.4 Å². The summed E-state index contributed by atoms with van der Waals surface area (Å²) in [7, 11) is -3.72. The largest absolute Gasteiger partial charge is 0.486 e. The Kier molecular flexibility index (Phi) is 7.00. The lowest BCUT2D eigenvalue weighted by atomic mass is 10.0. The van der Waals surface area contributed by atoms with Gasteiger partial charge in [0.05, 0.1) is 4.90 Å². The lowest BCUT2D eigenvalue weighted by molar-refractivity contribution is -0.138. The molecule has 8 nitrogen and oxygen atoms in total. The summed E-state index contributed by atoms with van der Waals surface area (Å²) in [5.74, 6) is 1.50. The topological polar surface area (TPSA) is 79.4 Å². The Balaban J connectivity index is 1.22. The van der Waals surface area contributed by atoms with Gasteiger partial charge in [0.2, 0.25) is 15.9 Å². The second kappa shape index (κ2) is 10.2. The first-order valence-corrected chi connectivity index (χ1v) is 13.8. The molecular weight excluding hydrogens is 466 g/mol. The number of amides is 1. The third-order valence-corrected chi connectivity index (χ3v) is 8.99. The monoisotopic (exact) mass is 499 g/mol. The van der Waals surface area contributed by atoms with Gasteiger partial charge in [0.15, 0.2) is 11.5 Å². The summed E-state index contributed by atoms with van der Waals surface area (Å²) in [4.78, 5) is 17.9. The van der Waals surface area contributed by atoms with Crippen LogP contribution in [0.25, 0.3) is 0 Å². The average Bonchev–Trinajstić information content (AvgIpc) is 2.89. The van der Waals surface area contributed by atoms with E-state index in [2.05, 4.69) is 11.0 Å². The molecule has 0 radical (unpaired) electrons. The summed E-state index contributed by atoms with van der Waals surface area (Å²) in [6.45, 7) is 6.91. The Morgan fingerprint density at radius 3 is 2.37 bits per heavy atom. The van der Waals surface area contributed by atoms with Gasteiger partial charge >= 0.3 is 0 Å². The summed E-state index contributed by atoms with van der Waals surface area (Å²) in [6.07, 6.45) is 2.21. The normalized spacial score (nSPS) is 21.6. The van der Waals surface area contributed by atoms with Gasteiger partial charge in [-0.05, 0) is 49.6 Å². The number of fused-ring (bicyclic) bond motifs is 1. The molecule has 0 N–H and O–H groups in total. The van der Waals surface area contributed by atoms with Gasteiger partial charge in [-0.1, -0.05) is 30.2 Å². The predicted molar refractivity (Wildman–Crippen MR) is 132 cm³/mol. The lowest BCUT2D eigenvalue weighted by Crippen LogP contribution is -2.56. The maximum absolute atomic E-state index is 13.5. The molecule has 0 bridgehead atoms. The first-order valence-electron chi connectivity index (χ1n) is 12.4. The lowest BCUT2D eigenvalue weighted by Gasteiger charge is -2.40. The van der Waals surface area contributed by atoms with E-state index in [4.69, 9.17) is 9.47 Å².